The quantitative estimate of drug-likeness (QED) is 0.414. The van der Waals surface area contributed by atoms with Crippen LogP contribution in [0.5, 0.6) is 11.5 Å². The zero-order valence-corrected chi connectivity index (χ0v) is 15.7. The third kappa shape index (κ3) is 4.64. The molecule has 0 spiro atoms. The molecule has 1 heterocycles. The van der Waals surface area contributed by atoms with Crippen molar-refractivity contribution in [3.05, 3.63) is 46.2 Å². The third-order valence-corrected chi connectivity index (χ3v) is 4.12. The number of halogens is 1. The van der Waals surface area contributed by atoms with Crippen molar-refractivity contribution in [2.24, 2.45) is 0 Å². The van der Waals surface area contributed by atoms with Gasteiger partial charge in [-0.2, -0.15) is 10.4 Å². The van der Waals surface area contributed by atoms with Crippen LogP contribution in [0.25, 0.3) is 6.08 Å². The fraction of sp³-hybridized carbons (Fsp3) is 0.316. The van der Waals surface area contributed by atoms with Gasteiger partial charge in [0, 0.05) is 24.3 Å². The summed E-state index contributed by atoms with van der Waals surface area (Å²) in [4.78, 5) is 12.1. The van der Waals surface area contributed by atoms with Gasteiger partial charge in [0.1, 0.15) is 5.15 Å². The first-order valence-corrected chi connectivity index (χ1v) is 8.58. The molecule has 7 heteroatoms. The first-order valence-electron chi connectivity index (χ1n) is 8.21. The van der Waals surface area contributed by atoms with Gasteiger partial charge in [-0.25, -0.2) is 4.79 Å². The van der Waals surface area contributed by atoms with Crippen molar-refractivity contribution < 1.29 is 14.3 Å². The zero-order chi connectivity index (χ0) is 19.1. The van der Waals surface area contributed by atoms with E-state index in [4.69, 9.17) is 26.3 Å². The van der Waals surface area contributed by atoms with E-state index in [1.54, 1.807) is 16.8 Å². The second-order valence-electron chi connectivity index (χ2n) is 5.60. The second kappa shape index (κ2) is 9.07. The highest BCUT2D eigenvalue weighted by molar-refractivity contribution is 6.31. The summed E-state index contributed by atoms with van der Waals surface area (Å²) in [5, 5.41) is 13.8. The van der Waals surface area contributed by atoms with Crippen LogP contribution in [0.15, 0.2) is 24.3 Å². The van der Waals surface area contributed by atoms with Gasteiger partial charge in [-0.3, -0.25) is 4.68 Å². The number of benzene rings is 1. The summed E-state index contributed by atoms with van der Waals surface area (Å²) in [5.74, 6) is -0.0280. The highest BCUT2D eigenvalue weighted by atomic mass is 35.5. The van der Waals surface area contributed by atoms with Gasteiger partial charge in [0.25, 0.3) is 0 Å². The van der Waals surface area contributed by atoms with Gasteiger partial charge in [-0.15, -0.1) is 0 Å². The van der Waals surface area contributed by atoms with Crippen molar-refractivity contribution in [1.29, 1.82) is 5.26 Å². The number of hydrogen-bond donors (Lipinski definition) is 0. The lowest BCUT2D eigenvalue weighted by molar-refractivity contribution is -0.129. The molecule has 0 atom stereocenters. The lowest BCUT2D eigenvalue weighted by Crippen LogP contribution is -2.05. The number of rotatable bonds is 7. The molecular formula is C19H20ClN3O3. The average Bonchev–Trinajstić information content (AvgIpc) is 2.91. The highest BCUT2D eigenvalue weighted by Crippen LogP contribution is 2.28. The molecule has 0 amide bonds. The Hall–Kier alpha value is -2.78. The van der Waals surface area contributed by atoms with Crippen molar-refractivity contribution in [2.45, 2.75) is 33.2 Å². The van der Waals surface area contributed by atoms with E-state index in [-0.39, 0.29) is 5.75 Å². The molecule has 0 aliphatic heterocycles. The van der Waals surface area contributed by atoms with E-state index >= 15 is 0 Å². The number of nitriles is 1. The molecule has 0 saturated heterocycles. The van der Waals surface area contributed by atoms with Crippen LogP contribution in [0, 0.1) is 18.3 Å². The highest BCUT2D eigenvalue weighted by Gasteiger charge is 2.12. The van der Waals surface area contributed by atoms with Gasteiger partial charge >= 0.3 is 5.97 Å². The zero-order valence-electron chi connectivity index (χ0n) is 15.0. The van der Waals surface area contributed by atoms with E-state index in [1.165, 1.54) is 25.3 Å². The Bertz CT molecular complexity index is 866. The fourth-order valence-electron chi connectivity index (χ4n) is 2.33. The Labute approximate surface area is 157 Å². The smallest absolute Gasteiger partial charge is 0.336 e. The lowest BCUT2D eigenvalue weighted by atomic mass is 10.2. The molecule has 0 aliphatic rings. The maximum Gasteiger partial charge on any atom is 0.336 e. The Kier molecular flexibility index (Phi) is 6.81. The molecule has 136 valence electrons. The van der Waals surface area contributed by atoms with Crippen LogP contribution in [-0.4, -0.2) is 22.9 Å². The molecule has 0 radical (unpaired) electrons. The number of hydrogen-bond acceptors (Lipinski definition) is 5. The molecule has 2 rings (SSSR count). The largest absolute Gasteiger partial charge is 0.493 e. The van der Waals surface area contributed by atoms with Crippen molar-refractivity contribution in [3.8, 4) is 17.6 Å². The molecule has 0 unspecified atom stereocenters. The Morgan fingerprint density at radius 2 is 2.19 bits per heavy atom. The molecule has 2 aromatic rings. The Morgan fingerprint density at radius 3 is 2.85 bits per heavy atom. The van der Waals surface area contributed by atoms with Gasteiger partial charge in [0.05, 0.1) is 24.4 Å². The van der Waals surface area contributed by atoms with Crippen LogP contribution < -0.4 is 9.47 Å². The van der Waals surface area contributed by atoms with Gasteiger partial charge in [-0.1, -0.05) is 24.9 Å². The third-order valence-electron chi connectivity index (χ3n) is 3.72. The van der Waals surface area contributed by atoms with Crippen LogP contribution in [-0.2, 0) is 11.3 Å². The molecule has 1 aromatic heterocycles. The lowest BCUT2D eigenvalue weighted by Gasteiger charge is -2.07. The van der Waals surface area contributed by atoms with Crippen molar-refractivity contribution in [1.82, 2.24) is 9.78 Å². The van der Waals surface area contributed by atoms with Gasteiger partial charge < -0.3 is 9.47 Å². The van der Waals surface area contributed by atoms with Crippen LogP contribution in [0.2, 0.25) is 5.15 Å². The molecule has 0 bridgehead atoms. The maximum absolute atomic E-state index is 12.1. The van der Waals surface area contributed by atoms with Crippen molar-refractivity contribution >= 4 is 23.6 Å². The molecule has 26 heavy (non-hydrogen) atoms. The topological polar surface area (TPSA) is 77.1 Å². The van der Waals surface area contributed by atoms with Crippen LogP contribution in [0.1, 0.15) is 36.6 Å². The SMILES string of the molecule is CCCCn1nc(C)c(C=CC(=O)Oc2ccc(C#N)cc2OC)c1Cl. The normalized spacial score (nSPS) is 10.7. The predicted octanol–water partition coefficient (Wildman–Crippen LogP) is 4.14. The maximum atomic E-state index is 12.1. The Balaban J connectivity index is 2.13. The van der Waals surface area contributed by atoms with Crippen LogP contribution >= 0.6 is 11.6 Å². The molecule has 0 N–H and O–H groups in total. The van der Waals surface area contributed by atoms with Gasteiger partial charge in [-0.05, 0) is 31.6 Å². The van der Waals surface area contributed by atoms with E-state index in [2.05, 4.69) is 12.0 Å². The number of esters is 1. The second-order valence-corrected chi connectivity index (χ2v) is 5.96. The summed E-state index contributed by atoms with van der Waals surface area (Å²) in [6.45, 7) is 4.67. The number of nitrogens with zero attached hydrogens (tertiary/aromatic N) is 3. The first kappa shape index (κ1) is 19.5. The molecule has 0 fully saturated rings. The van der Waals surface area contributed by atoms with E-state index in [0.717, 1.165) is 25.1 Å². The number of ether oxygens (including phenoxy) is 2. The molecule has 6 nitrogen and oxygen atoms in total. The molecule has 0 aliphatic carbocycles. The average molecular weight is 374 g/mol. The number of carbonyl (C=O) groups excluding carboxylic acids is 1. The van der Waals surface area contributed by atoms with Crippen LogP contribution in [0.3, 0.4) is 0 Å². The van der Waals surface area contributed by atoms with E-state index < -0.39 is 5.97 Å². The summed E-state index contributed by atoms with van der Waals surface area (Å²) >= 11 is 6.34. The number of methoxy groups -OCH3 is 1. The monoisotopic (exact) mass is 373 g/mol. The fourth-order valence-corrected chi connectivity index (χ4v) is 2.65. The van der Waals surface area contributed by atoms with E-state index in [1.807, 2.05) is 13.0 Å². The van der Waals surface area contributed by atoms with Crippen LogP contribution in [0.4, 0.5) is 0 Å². The molecule has 0 saturated carbocycles. The number of carbonyl (C=O) groups is 1. The number of aromatic nitrogens is 2. The number of aryl methyl sites for hydroxylation is 2. The summed E-state index contributed by atoms with van der Waals surface area (Å²) in [7, 11) is 1.44. The standard InChI is InChI=1S/C19H20ClN3O3/c1-4-5-10-23-19(20)15(13(2)22-23)7-9-18(24)26-16-8-6-14(12-21)11-17(16)25-3/h6-9,11H,4-5,10H2,1-3H3. The summed E-state index contributed by atoms with van der Waals surface area (Å²) in [6, 6.07) is 6.57. The van der Waals surface area contributed by atoms with Crippen molar-refractivity contribution in [3.63, 3.8) is 0 Å². The van der Waals surface area contributed by atoms with Gasteiger partial charge in [0.15, 0.2) is 11.5 Å². The van der Waals surface area contributed by atoms with Gasteiger partial charge in [0.2, 0.25) is 0 Å². The minimum Gasteiger partial charge on any atom is -0.493 e. The number of unbranched alkanes of at least 4 members (excludes halogenated alkanes) is 1. The van der Waals surface area contributed by atoms with E-state index in [0.29, 0.717) is 22.0 Å². The minimum absolute atomic E-state index is 0.239. The van der Waals surface area contributed by atoms with Crippen molar-refractivity contribution in [2.75, 3.05) is 7.11 Å². The van der Waals surface area contributed by atoms with E-state index in [9.17, 15) is 4.79 Å². The Morgan fingerprint density at radius 1 is 1.42 bits per heavy atom. The minimum atomic E-state index is -0.579. The first-order chi connectivity index (χ1) is 12.5. The summed E-state index contributed by atoms with van der Waals surface area (Å²) < 4.78 is 12.2. The predicted molar refractivity (Wildman–Crippen MR) is 99.3 cm³/mol. The molecular weight excluding hydrogens is 354 g/mol. The molecule has 1 aromatic carbocycles. The summed E-state index contributed by atoms with van der Waals surface area (Å²) in [6.07, 6.45) is 4.90. The summed E-state index contributed by atoms with van der Waals surface area (Å²) in [5.41, 5.74) is 1.84.